The van der Waals surface area contributed by atoms with E-state index in [0.717, 1.165) is 37.2 Å². The first kappa shape index (κ1) is 12.1. The zero-order valence-corrected chi connectivity index (χ0v) is 10.7. The maximum atomic E-state index is 12.2. The molecule has 1 amide bonds. The number of rotatable bonds is 3. The van der Waals surface area contributed by atoms with Gasteiger partial charge in [-0.05, 0) is 32.7 Å². The number of nitrogens with zero attached hydrogens (tertiary/aromatic N) is 2. The van der Waals surface area contributed by atoms with E-state index in [-0.39, 0.29) is 5.91 Å². The Kier molecular flexibility index (Phi) is 3.19. The van der Waals surface area contributed by atoms with Gasteiger partial charge in [-0.2, -0.15) is 5.10 Å². The minimum atomic E-state index is -0.430. The topological polar surface area (TPSA) is 59.0 Å². The molecule has 0 spiro atoms. The Morgan fingerprint density at radius 2 is 2.47 bits per heavy atom. The molecule has 2 heterocycles. The van der Waals surface area contributed by atoms with E-state index in [4.69, 9.17) is 0 Å². The highest BCUT2D eigenvalue weighted by molar-refractivity contribution is 5.98. The van der Waals surface area contributed by atoms with Crippen LogP contribution >= 0.6 is 0 Å². The normalized spacial score (nSPS) is 23.9. The molecule has 17 heavy (non-hydrogen) atoms. The largest absolute Gasteiger partial charge is 0.322 e. The van der Waals surface area contributed by atoms with Gasteiger partial charge in [0, 0.05) is 13.2 Å². The predicted octanol–water partition coefficient (Wildman–Crippen LogP) is 1.06. The van der Waals surface area contributed by atoms with Gasteiger partial charge in [-0.1, -0.05) is 6.92 Å². The molecule has 0 saturated carbocycles. The van der Waals surface area contributed by atoms with Crippen molar-refractivity contribution in [1.82, 2.24) is 15.1 Å². The maximum absolute atomic E-state index is 12.2. The number of nitrogens with one attached hydrogen (secondary N) is 2. The van der Waals surface area contributed by atoms with E-state index >= 15 is 0 Å². The molecule has 1 aromatic heterocycles. The van der Waals surface area contributed by atoms with Crippen LogP contribution in [0.1, 0.15) is 32.4 Å². The van der Waals surface area contributed by atoms with E-state index in [2.05, 4.69) is 15.7 Å². The van der Waals surface area contributed by atoms with E-state index in [1.165, 1.54) is 0 Å². The van der Waals surface area contributed by atoms with Crippen LogP contribution in [-0.4, -0.2) is 27.8 Å². The molecule has 1 saturated heterocycles. The number of amides is 1. The zero-order chi connectivity index (χ0) is 12.5. The van der Waals surface area contributed by atoms with Gasteiger partial charge in [-0.25, -0.2) is 0 Å². The Hall–Kier alpha value is -1.36. The summed E-state index contributed by atoms with van der Waals surface area (Å²) in [5.41, 5.74) is 1.33. The summed E-state index contributed by atoms with van der Waals surface area (Å²) in [6, 6.07) is 0. The summed E-state index contributed by atoms with van der Waals surface area (Å²) in [4.78, 5) is 12.2. The lowest BCUT2D eigenvalue weighted by molar-refractivity contribution is -0.121. The van der Waals surface area contributed by atoms with Gasteiger partial charge in [0.1, 0.15) is 0 Å². The first-order chi connectivity index (χ1) is 8.05. The molecule has 1 aromatic rings. The van der Waals surface area contributed by atoms with Crippen molar-refractivity contribution in [1.29, 1.82) is 0 Å². The van der Waals surface area contributed by atoms with Crippen molar-refractivity contribution in [2.75, 3.05) is 11.9 Å². The first-order valence-electron chi connectivity index (χ1n) is 6.14. The van der Waals surface area contributed by atoms with Crippen LogP contribution in [0.25, 0.3) is 0 Å². The van der Waals surface area contributed by atoms with Crippen LogP contribution in [-0.2, 0) is 18.3 Å². The third kappa shape index (κ3) is 2.34. The lowest BCUT2D eigenvalue weighted by Gasteiger charge is -2.22. The number of aromatic nitrogens is 2. The Labute approximate surface area is 102 Å². The maximum Gasteiger partial charge on any atom is 0.244 e. The Balaban J connectivity index is 2.12. The molecule has 1 aliphatic heterocycles. The van der Waals surface area contributed by atoms with Gasteiger partial charge in [0.25, 0.3) is 0 Å². The highest BCUT2D eigenvalue weighted by atomic mass is 16.2. The van der Waals surface area contributed by atoms with Gasteiger partial charge >= 0.3 is 0 Å². The Morgan fingerprint density at radius 1 is 1.71 bits per heavy atom. The van der Waals surface area contributed by atoms with Crippen molar-refractivity contribution in [2.24, 2.45) is 7.05 Å². The summed E-state index contributed by atoms with van der Waals surface area (Å²) in [7, 11) is 1.87. The van der Waals surface area contributed by atoms with Gasteiger partial charge in [0.15, 0.2) is 0 Å². The third-order valence-corrected chi connectivity index (χ3v) is 3.36. The molecule has 1 fully saturated rings. The van der Waals surface area contributed by atoms with Crippen LogP contribution in [0.5, 0.6) is 0 Å². The minimum absolute atomic E-state index is 0.0395. The summed E-state index contributed by atoms with van der Waals surface area (Å²) in [5, 5.41) is 10.6. The van der Waals surface area contributed by atoms with Crippen LogP contribution in [0, 0.1) is 0 Å². The number of hydrogen-bond donors (Lipinski definition) is 2. The molecule has 0 radical (unpaired) electrons. The number of hydrogen-bond acceptors (Lipinski definition) is 3. The molecule has 1 aliphatic rings. The molecule has 5 nitrogen and oxygen atoms in total. The van der Waals surface area contributed by atoms with Crippen molar-refractivity contribution in [3.05, 3.63) is 11.9 Å². The molecule has 1 atom stereocenters. The van der Waals surface area contributed by atoms with Crippen LogP contribution < -0.4 is 10.6 Å². The summed E-state index contributed by atoms with van der Waals surface area (Å²) >= 11 is 0. The van der Waals surface area contributed by atoms with Crippen molar-refractivity contribution in [3.8, 4) is 0 Å². The average Bonchev–Trinajstić information content (AvgIpc) is 2.86. The van der Waals surface area contributed by atoms with Gasteiger partial charge in [0.05, 0.1) is 16.9 Å². The zero-order valence-electron chi connectivity index (χ0n) is 10.7. The van der Waals surface area contributed by atoms with Gasteiger partial charge < -0.3 is 10.6 Å². The van der Waals surface area contributed by atoms with Crippen molar-refractivity contribution in [2.45, 2.75) is 38.6 Å². The Bertz CT molecular complexity index is 418. The lowest BCUT2D eigenvalue weighted by Crippen LogP contribution is -2.48. The molecule has 1 unspecified atom stereocenters. The first-order valence-corrected chi connectivity index (χ1v) is 6.14. The number of anilines is 1. The number of aryl methyl sites for hydroxylation is 2. The highest BCUT2D eigenvalue weighted by Gasteiger charge is 2.36. The van der Waals surface area contributed by atoms with Gasteiger partial charge in [-0.3, -0.25) is 9.48 Å². The summed E-state index contributed by atoms with van der Waals surface area (Å²) in [5.74, 6) is 0.0395. The quantitative estimate of drug-likeness (QED) is 0.825. The molecular weight excluding hydrogens is 216 g/mol. The van der Waals surface area contributed by atoms with Crippen LogP contribution in [0.4, 0.5) is 5.69 Å². The van der Waals surface area contributed by atoms with E-state index in [9.17, 15) is 4.79 Å². The monoisotopic (exact) mass is 236 g/mol. The minimum Gasteiger partial charge on any atom is -0.322 e. The second-order valence-corrected chi connectivity index (χ2v) is 4.83. The third-order valence-electron chi connectivity index (χ3n) is 3.36. The fourth-order valence-corrected chi connectivity index (χ4v) is 2.25. The average molecular weight is 236 g/mol. The molecule has 2 N–H and O–H groups in total. The second-order valence-electron chi connectivity index (χ2n) is 4.83. The van der Waals surface area contributed by atoms with Crippen molar-refractivity contribution >= 4 is 11.6 Å². The smallest absolute Gasteiger partial charge is 0.244 e. The van der Waals surface area contributed by atoms with E-state index in [0.29, 0.717) is 0 Å². The van der Waals surface area contributed by atoms with Crippen molar-refractivity contribution in [3.63, 3.8) is 0 Å². The van der Waals surface area contributed by atoms with Gasteiger partial charge in [0.2, 0.25) is 5.91 Å². The van der Waals surface area contributed by atoms with Crippen LogP contribution in [0.3, 0.4) is 0 Å². The molecule has 0 bridgehead atoms. The molecular formula is C12H20N4O. The molecule has 0 aliphatic carbocycles. The summed E-state index contributed by atoms with van der Waals surface area (Å²) in [6.07, 6.45) is 4.62. The summed E-state index contributed by atoms with van der Waals surface area (Å²) < 4.78 is 1.73. The number of carbonyl (C=O) groups is 1. The molecule has 94 valence electrons. The van der Waals surface area contributed by atoms with E-state index in [1.54, 1.807) is 4.68 Å². The molecule has 0 aromatic carbocycles. The lowest BCUT2D eigenvalue weighted by atomic mass is 9.99. The standard InChI is InChI=1S/C12H20N4O/c1-4-9-10(8-16(3)15-9)14-11(17)12(2)6-5-7-13-12/h8,13H,4-7H2,1-3H3,(H,14,17). The predicted molar refractivity (Wildman–Crippen MR) is 66.9 cm³/mol. The van der Waals surface area contributed by atoms with Crippen LogP contribution in [0.15, 0.2) is 6.20 Å². The Morgan fingerprint density at radius 3 is 3.06 bits per heavy atom. The SMILES string of the molecule is CCc1nn(C)cc1NC(=O)C1(C)CCCN1. The van der Waals surface area contributed by atoms with E-state index in [1.807, 2.05) is 27.1 Å². The summed E-state index contributed by atoms with van der Waals surface area (Å²) in [6.45, 7) is 4.91. The highest BCUT2D eigenvalue weighted by Crippen LogP contribution is 2.22. The number of carbonyl (C=O) groups excluding carboxylic acids is 1. The molecule has 2 rings (SSSR count). The van der Waals surface area contributed by atoms with Crippen molar-refractivity contribution < 1.29 is 4.79 Å². The fraction of sp³-hybridized carbons (Fsp3) is 0.667. The van der Waals surface area contributed by atoms with Gasteiger partial charge in [-0.15, -0.1) is 0 Å². The van der Waals surface area contributed by atoms with Crippen LogP contribution in [0.2, 0.25) is 0 Å². The second kappa shape index (κ2) is 4.49. The molecule has 5 heteroatoms. The fourth-order valence-electron chi connectivity index (χ4n) is 2.25. The van der Waals surface area contributed by atoms with E-state index < -0.39 is 5.54 Å².